The van der Waals surface area contributed by atoms with Gasteiger partial charge in [-0.3, -0.25) is 0 Å². The van der Waals surface area contributed by atoms with Crippen molar-refractivity contribution in [2.45, 2.75) is 26.2 Å². The quantitative estimate of drug-likeness (QED) is 0.665. The second-order valence-electron chi connectivity index (χ2n) is 5.04. The fourth-order valence-corrected chi connectivity index (χ4v) is 1.86. The number of aliphatic carboxylic acids is 1. The SMILES string of the molecule is CC(C)(C)c1ccc(/C(Br)=C\C=C\C(=O)O)cc1. The van der Waals surface area contributed by atoms with Gasteiger partial charge in [-0.2, -0.15) is 0 Å². The van der Waals surface area contributed by atoms with Crippen molar-refractivity contribution in [2.24, 2.45) is 0 Å². The summed E-state index contributed by atoms with van der Waals surface area (Å²) in [6.07, 6.45) is 4.33. The third kappa shape index (κ3) is 4.49. The van der Waals surface area contributed by atoms with Gasteiger partial charge in [0.15, 0.2) is 0 Å². The third-order valence-electron chi connectivity index (χ3n) is 2.51. The monoisotopic (exact) mass is 308 g/mol. The lowest BCUT2D eigenvalue weighted by Gasteiger charge is -2.19. The van der Waals surface area contributed by atoms with Crippen molar-refractivity contribution in [3.8, 4) is 0 Å². The number of benzene rings is 1. The molecule has 0 aromatic heterocycles. The molecule has 0 spiro atoms. The molecular formula is C15H17BrO2. The lowest BCUT2D eigenvalue weighted by Crippen LogP contribution is -2.10. The highest BCUT2D eigenvalue weighted by molar-refractivity contribution is 9.15. The first-order chi connectivity index (χ1) is 8.30. The summed E-state index contributed by atoms with van der Waals surface area (Å²) in [6.45, 7) is 6.51. The second-order valence-corrected chi connectivity index (χ2v) is 5.89. The molecule has 0 aliphatic heterocycles. The van der Waals surface area contributed by atoms with Crippen LogP contribution in [0.2, 0.25) is 0 Å². The van der Waals surface area contributed by atoms with Gasteiger partial charge in [0.05, 0.1) is 0 Å². The van der Waals surface area contributed by atoms with E-state index in [0.29, 0.717) is 0 Å². The lowest BCUT2D eigenvalue weighted by atomic mass is 9.87. The third-order valence-corrected chi connectivity index (χ3v) is 3.23. The zero-order valence-corrected chi connectivity index (χ0v) is 12.4. The maximum atomic E-state index is 10.3. The predicted octanol–water partition coefficient (Wildman–Crippen LogP) is 4.36. The molecule has 3 heteroatoms. The fourth-order valence-electron chi connectivity index (χ4n) is 1.44. The van der Waals surface area contributed by atoms with E-state index in [1.54, 1.807) is 6.08 Å². The number of allylic oxidation sites excluding steroid dienone is 2. The molecule has 0 unspecified atom stereocenters. The number of hydrogen-bond acceptors (Lipinski definition) is 1. The normalized spacial score (nSPS) is 13.0. The van der Waals surface area contributed by atoms with E-state index in [2.05, 4.69) is 48.8 Å². The van der Waals surface area contributed by atoms with Gasteiger partial charge in [-0.05, 0) is 22.6 Å². The van der Waals surface area contributed by atoms with E-state index in [4.69, 9.17) is 5.11 Å². The molecule has 0 amide bonds. The summed E-state index contributed by atoms with van der Waals surface area (Å²) in [5.74, 6) is -0.949. The Hall–Kier alpha value is -1.35. The molecule has 1 N–H and O–H groups in total. The summed E-state index contributed by atoms with van der Waals surface area (Å²) in [6, 6.07) is 8.22. The van der Waals surface area contributed by atoms with Gasteiger partial charge in [0.1, 0.15) is 0 Å². The zero-order chi connectivity index (χ0) is 13.8. The fraction of sp³-hybridized carbons (Fsp3) is 0.267. The average Bonchev–Trinajstić information content (AvgIpc) is 2.27. The Kier molecular flexibility index (Phi) is 4.91. The Labute approximate surface area is 116 Å². The summed E-state index contributed by atoms with van der Waals surface area (Å²) < 4.78 is 0.862. The van der Waals surface area contributed by atoms with Crippen LogP contribution in [0.5, 0.6) is 0 Å². The molecule has 0 aliphatic rings. The molecule has 18 heavy (non-hydrogen) atoms. The van der Waals surface area contributed by atoms with Crippen LogP contribution in [0, 0.1) is 0 Å². The molecule has 0 radical (unpaired) electrons. The molecule has 1 aromatic carbocycles. The van der Waals surface area contributed by atoms with Crippen molar-refractivity contribution >= 4 is 26.4 Å². The molecule has 96 valence electrons. The molecule has 2 nitrogen and oxygen atoms in total. The molecule has 0 aliphatic carbocycles. The van der Waals surface area contributed by atoms with Crippen LogP contribution in [0.4, 0.5) is 0 Å². The Balaban J connectivity index is 2.89. The molecule has 0 saturated carbocycles. The van der Waals surface area contributed by atoms with Crippen LogP contribution in [0.3, 0.4) is 0 Å². The molecule has 0 atom stereocenters. The largest absolute Gasteiger partial charge is 0.478 e. The number of hydrogen-bond donors (Lipinski definition) is 1. The van der Waals surface area contributed by atoms with Crippen molar-refractivity contribution in [2.75, 3.05) is 0 Å². The first kappa shape index (κ1) is 14.7. The number of carboxylic acid groups (broad SMARTS) is 1. The Morgan fingerprint density at radius 3 is 2.22 bits per heavy atom. The van der Waals surface area contributed by atoms with E-state index in [9.17, 15) is 4.79 Å². The maximum absolute atomic E-state index is 10.3. The Morgan fingerprint density at radius 2 is 1.78 bits per heavy atom. The minimum absolute atomic E-state index is 0.137. The first-order valence-electron chi connectivity index (χ1n) is 5.68. The van der Waals surface area contributed by atoms with Gasteiger partial charge in [0.25, 0.3) is 0 Å². The molecule has 1 aromatic rings. The van der Waals surface area contributed by atoms with Gasteiger partial charge >= 0.3 is 5.97 Å². The minimum Gasteiger partial charge on any atom is -0.478 e. The van der Waals surface area contributed by atoms with E-state index < -0.39 is 5.97 Å². The van der Waals surface area contributed by atoms with Crippen LogP contribution in [0.1, 0.15) is 31.9 Å². The summed E-state index contributed by atoms with van der Waals surface area (Å²) in [4.78, 5) is 10.3. The lowest BCUT2D eigenvalue weighted by molar-refractivity contribution is -0.131. The van der Waals surface area contributed by atoms with Crippen molar-refractivity contribution in [3.63, 3.8) is 0 Å². The van der Waals surface area contributed by atoms with E-state index >= 15 is 0 Å². The smallest absolute Gasteiger partial charge is 0.328 e. The molecular weight excluding hydrogens is 292 g/mol. The summed E-state index contributed by atoms with van der Waals surface area (Å²) in [5, 5.41) is 8.49. The first-order valence-corrected chi connectivity index (χ1v) is 6.48. The molecule has 0 fully saturated rings. The van der Waals surface area contributed by atoms with Gasteiger partial charge in [0.2, 0.25) is 0 Å². The zero-order valence-electron chi connectivity index (χ0n) is 10.8. The standard InChI is InChI=1S/C15H17BrO2/c1-15(2,3)12-9-7-11(8-10-12)13(16)5-4-6-14(17)18/h4-10H,1-3H3,(H,17,18)/b6-4+,13-5+. The van der Waals surface area contributed by atoms with Crippen LogP contribution >= 0.6 is 15.9 Å². The average molecular weight is 309 g/mol. The topological polar surface area (TPSA) is 37.3 Å². The van der Waals surface area contributed by atoms with E-state index in [0.717, 1.165) is 16.1 Å². The highest BCUT2D eigenvalue weighted by Gasteiger charge is 2.12. The van der Waals surface area contributed by atoms with E-state index in [1.165, 1.54) is 11.6 Å². The van der Waals surface area contributed by atoms with Crippen LogP contribution in [0.25, 0.3) is 4.48 Å². The maximum Gasteiger partial charge on any atom is 0.328 e. The number of rotatable bonds is 3. The van der Waals surface area contributed by atoms with Crippen molar-refractivity contribution < 1.29 is 9.90 Å². The second kappa shape index (κ2) is 6.01. The van der Waals surface area contributed by atoms with Crippen LogP contribution in [-0.2, 0) is 10.2 Å². The number of carboxylic acids is 1. The Morgan fingerprint density at radius 1 is 1.22 bits per heavy atom. The highest BCUT2D eigenvalue weighted by Crippen LogP contribution is 2.26. The summed E-state index contributed by atoms with van der Waals surface area (Å²) in [5.41, 5.74) is 2.43. The van der Waals surface area contributed by atoms with E-state index in [-0.39, 0.29) is 5.41 Å². The summed E-state index contributed by atoms with van der Waals surface area (Å²) in [7, 11) is 0. The van der Waals surface area contributed by atoms with Crippen LogP contribution in [0.15, 0.2) is 42.5 Å². The number of halogens is 1. The van der Waals surface area contributed by atoms with Crippen molar-refractivity contribution in [3.05, 3.63) is 53.6 Å². The molecule has 0 saturated heterocycles. The van der Waals surface area contributed by atoms with Gasteiger partial charge in [0, 0.05) is 10.6 Å². The van der Waals surface area contributed by atoms with Gasteiger partial charge < -0.3 is 5.11 Å². The molecule has 0 bridgehead atoms. The van der Waals surface area contributed by atoms with E-state index in [1.807, 2.05) is 12.1 Å². The van der Waals surface area contributed by atoms with Crippen LogP contribution in [-0.4, -0.2) is 11.1 Å². The highest BCUT2D eigenvalue weighted by atomic mass is 79.9. The number of carbonyl (C=O) groups is 1. The molecule has 1 rings (SSSR count). The van der Waals surface area contributed by atoms with Crippen molar-refractivity contribution in [1.82, 2.24) is 0 Å². The molecule has 0 heterocycles. The van der Waals surface area contributed by atoms with Gasteiger partial charge in [-0.25, -0.2) is 4.79 Å². The van der Waals surface area contributed by atoms with Crippen molar-refractivity contribution in [1.29, 1.82) is 0 Å². The summed E-state index contributed by atoms with van der Waals surface area (Å²) >= 11 is 3.43. The van der Waals surface area contributed by atoms with Crippen LogP contribution < -0.4 is 0 Å². The van der Waals surface area contributed by atoms with Gasteiger partial charge in [-0.15, -0.1) is 0 Å². The Bertz CT molecular complexity index is 476. The van der Waals surface area contributed by atoms with Gasteiger partial charge in [-0.1, -0.05) is 67.0 Å². The minimum atomic E-state index is -0.949. The predicted molar refractivity (Wildman–Crippen MR) is 78.8 cm³/mol.